The molecule has 35 heavy (non-hydrogen) atoms. The maximum atomic E-state index is 14.0. The molecule has 0 radical (unpaired) electrons. The van der Waals surface area contributed by atoms with E-state index in [0.717, 1.165) is 31.3 Å². The summed E-state index contributed by atoms with van der Waals surface area (Å²) in [6.45, 7) is 4.41. The van der Waals surface area contributed by atoms with Crippen LogP contribution in [-0.4, -0.2) is 52.8 Å². The van der Waals surface area contributed by atoms with Gasteiger partial charge in [-0.15, -0.1) is 0 Å². The zero-order valence-electron chi connectivity index (χ0n) is 21.3. The average molecular weight is 501 g/mol. The molecule has 4 fully saturated rings. The summed E-state index contributed by atoms with van der Waals surface area (Å²) in [5.74, 6) is 1.59. The van der Waals surface area contributed by atoms with Crippen LogP contribution in [-0.2, 0) is 19.1 Å². The quantitative estimate of drug-likeness (QED) is 0.556. The molecule has 1 heterocycles. The van der Waals surface area contributed by atoms with E-state index in [-0.39, 0.29) is 47.1 Å². The Balaban J connectivity index is 1.38. The van der Waals surface area contributed by atoms with Gasteiger partial charge < -0.3 is 14.6 Å². The predicted molar refractivity (Wildman–Crippen MR) is 136 cm³/mol. The van der Waals surface area contributed by atoms with Crippen molar-refractivity contribution in [1.82, 2.24) is 0 Å². The summed E-state index contributed by atoms with van der Waals surface area (Å²) in [5.41, 5.74) is -0.592. The standard InChI is InChI=1S/C29H40O5S/c1-27-12-11-19(30)13-18(27)9-10-20-21-14-24-29(23(32)16-35-3,28(21,2)15-22(31)25(20)27)34-26(33-24)17-7-5-4-6-8-17/h9,11-12,17,20-22,24-26,31H,4-8,10,13-16H2,1-3H3/t20-,21-,22-,24+,25+,26+,27-,28-,29+/m0/s1. The zero-order chi connectivity index (χ0) is 24.6. The average Bonchev–Trinajstić information content (AvgIpc) is 3.33. The molecule has 9 atom stereocenters. The summed E-state index contributed by atoms with van der Waals surface area (Å²) >= 11 is 1.56. The van der Waals surface area contributed by atoms with E-state index in [4.69, 9.17) is 9.47 Å². The second kappa shape index (κ2) is 8.54. The Labute approximate surface area is 213 Å². The molecule has 0 aromatic carbocycles. The summed E-state index contributed by atoms with van der Waals surface area (Å²) in [7, 11) is 0. The third-order valence-electron chi connectivity index (χ3n) is 10.9. The molecule has 0 spiro atoms. The number of allylic oxidation sites excluding steroid dienone is 4. The molecule has 1 aliphatic heterocycles. The molecule has 0 bridgehead atoms. The number of hydrogen-bond donors (Lipinski definition) is 1. The molecule has 1 N–H and O–H groups in total. The molecule has 192 valence electrons. The zero-order valence-corrected chi connectivity index (χ0v) is 22.1. The fourth-order valence-electron chi connectivity index (χ4n) is 9.36. The Morgan fingerprint density at radius 2 is 2.00 bits per heavy atom. The van der Waals surface area contributed by atoms with Crippen LogP contribution >= 0.6 is 11.8 Å². The SMILES string of the molecule is CSCC(=O)[C@@]12O[C@H](C3CCCCC3)O[C@@H]1C[C@H]1[C@@H]3CC=C4CC(=O)C=C[C@]4(C)[C@H]3[C@@H](O)C[C@@]12C. The maximum Gasteiger partial charge on any atom is 0.177 e. The van der Waals surface area contributed by atoms with E-state index >= 15 is 0 Å². The van der Waals surface area contributed by atoms with Crippen LogP contribution in [0, 0.1) is 34.5 Å². The Morgan fingerprint density at radius 1 is 1.23 bits per heavy atom. The first-order chi connectivity index (χ1) is 16.7. The maximum absolute atomic E-state index is 14.0. The number of ether oxygens (including phenoxy) is 2. The summed E-state index contributed by atoms with van der Waals surface area (Å²) in [6.07, 6.45) is 15.5. The van der Waals surface area contributed by atoms with Gasteiger partial charge in [-0.25, -0.2) is 0 Å². The van der Waals surface area contributed by atoms with Crippen LogP contribution in [0.2, 0.25) is 0 Å². The lowest BCUT2D eigenvalue weighted by atomic mass is 9.47. The minimum absolute atomic E-state index is 0.0468. The van der Waals surface area contributed by atoms with E-state index in [0.29, 0.717) is 24.5 Å². The molecule has 0 unspecified atom stereocenters. The highest BCUT2D eigenvalue weighted by Gasteiger charge is 2.75. The van der Waals surface area contributed by atoms with Crippen molar-refractivity contribution in [3.63, 3.8) is 0 Å². The second-order valence-corrected chi connectivity index (χ2v) is 13.4. The summed E-state index contributed by atoms with van der Waals surface area (Å²) < 4.78 is 13.6. The number of hydrogen-bond acceptors (Lipinski definition) is 6. The molecular formula is C29H40O5S. The molecule has 6 heteroatoms. The first-order valence-electron chi connectivity index (χ1n) is 13.7. The lowest BCUT2D eigenvalue weighted by Gasteiger charge is -2.59. The van der Waals surface area contributed by atoms with Gasteiger partial charge in [0.15, 0.2) is 23.5 Å². The van der Waals surface area contributed by atoms with E-state index in [1.54, 1.807) is 17.8 Å². The fourth-order valence-corrected chi connectivity index (χ4v) is 9.84. The summed E-state index contributed by atoms with van der Waals surface area (Å²) in [5, 5.41) is 11.8. The van der Waals surface area contributed by atoms with Gasteiger partial charge in [0.2, 0.25) is 0 Å². The number of rotatable bonds is 4. The third kappa shape index (κ3) is 3.31. The van der Waals surface area contributed by atoms with Crippen molar-refractivity contribution in [2.45, 2.75) is 95.7 Å². The number of carbonyl (C=O) groups excluding carboxylic acids is 2. The van der Waals surface area contributed by atoms with Gasteiger partial charge in [-0.3, -0.25) is 9.59 Å². The Morgan fingerprint density at radius 3 is 2.74 bits per heavy atom. The highest BCUT2D eigenvalue weighted by Crippen LogP contribution is 2.69. The number of aliphatic hydroxyl groups excluding tert-OH is 1. The van der Waals surface area contributed by atoms with Crippen LogP contribution in [0.25, 0.3) is 0 Å². The van der Waals surface area contributed by atoms with Crippen LogP contribution in [0.4, 0.5) is 0 Å². The van der Waals surface area contributed by atoms with Crippen molar-refractivity contribution in [2.75, 3.05) is 12.0 Å². The predicted octanol–water partition coefficient (Wildman–Crippen LogP) is 4.87. The van der Waals surface area contributed by atoms with Crippen molar-refractivity contribution in [2.24, 2.45) is 34.5 Å². The van der Waals surface area contributed by atoms with E-state index in [9.17, 15) is 14.7 Å². The van der Waals surface area contributed by atoms with Crippen molar-refractivity contribution in [3.05, 3.63) is 23.8 Å². The Bertz CT molecular complexity index is 968. The van der Waals surface area contributed by atoms with Crippen LogP contribution in [0.3, 0.4) is 0 Å². The number of aliphatic hydroxyl groups is 1. The van der Waals surface area contributed by atoms with Gasteiger partial charge in [0.1, 0.15) is 0 Å². The van der Waals surface area contributed by atoms with Crippen LogP contribution in [0.5, 0.6) is 0 Å². The van der Waals surface area contributed by atoms with Crippen molar-refractivity contribution >= 4 is 23.3 Å². The normalized spacial score (nSPS) is 49.1. The van der Waals surface area contributed by atoms with E-state index in [2.05, 4.69) is 19.9 Å². The monoisotopic (exact) mass is 500 g/mol. The van der Waals surface area contributed by atoms with Gasteiger partial charge >= 0.3 is 0 Å². The van der Waals surface area contributed by atoms with Crippen molar-refractivity contribution in [1.29, 1.82) is 0 Å². The largest absolute Gasteiger partial charge is 0.393 e. The second-order valence-electron chi connectivity index (χ2n) is 12.5. The van der Waals surface area contributed by atoms with Gasteiger partial charge in [0, 0.05) is 29.1 Å². The third-order valence-corrected chi connectivity index (χ3v) is 11.5. The van der Waals surface area contributed by atoms with E-state index in [1.165, 1.54) is 19.3 Å². The lowest BCUT2D eigenvalue weighted by molar-refractivity contribution is -0.205. The number of ketones is 2. The van der Waals surface area contributed by atoms with Gasteiger partial charge in [0.05, 0.1) is 18.0 Å². The van der Waals surface area contributed by atoms with Gasteiger partial charge in [-0.2, -0.15) is 11.8 Å². The molecule has 1 saturated heterocycles. The van der Waals surface area contributed by atoms with Gasteiger partial charge in [-0.05, 0) is 56.3 Å². The highest BCUT2D eigenvalue weighted by atomic mass is 32.2. The molecule has 0 amide bonds. The van der Waals surface area contributed by atoms with Crippen LogP contribution in [0.15, 0.2) is 23.8 Å². The molecule has 6 rings (SSSR count). The van der Waals surface area contributed by atoms with Crippen molar-refractivity contribution in [3.8, 4) is 0 Å². The molecule has 6 aliphatic rings. The number of carbonyl (C=O) groups is 2. The minimum Gasteiger partial charge on any atom is -0.393 e. The molecule has 0 aromatic heterocycles. The first-order valence-corrected chi connectivity index (χ1v) is 15.1. The van der Waals surface area contributed by atoms with Gasteiger partial charge in [-0.1, -0.05) is 50.8 Å². The number of thioether (sulfide) groups is 1. The summed E-state index contributed by atoms with van der Waals surface area (Å²) in [6, 6.07) is 0. The Hall–Kier alpha value is -0.950. The topological polar surface area (TPSA) is 72.8 Å². The van der Waals surface area contributed by atoms with E-state index in [1.807, 2.05) is 12.3 Å². The lowest BCUT2D eigenvalue weighted by Crippen LogP contribution is -2.63. The molecule has 5 aliphatic carbocycles. The van der Waals surface area contributed by atoms with Crippen LogP contribution in [0.1, 0.15) is 71.6 Å². The van der Waals surface area contributed by atoms with Crippen molar-refractivity contribution < 1.29 is 24.2 Å². The number of fused-ring (bicyclic) bond motifs is 7. The fraction of sp³-hybridized carbons (Fsp3) is 0.793. The highest BCUT2D eigenvalue weighted by molar-refractivity contribution is 7.99. The molecule has 5 nitrogen and oxygen atoms in total. The van der Waals surface area contributed by atoms with E-state index < -0.39 is 17.1 Å². The van der Waals surface area contributed by atoms with Crippen LogP contribution < -0.4 is 0 Å². The summed E-state index contributed by atoms with van der Waals surface area (Å²) in [4.78, 5) is 26.1. The number of Topliss-reactive ketones (excluding diaryl/α,β-unsaturated/α-hetero) is 1. The smallest absolute Gasteiger partial charge is 0.177 e. The minimum atomic E-state index is -0.974. The molecule has 0 aromatic rings. The molecule has 3 saturated carbocycles. The molecular weight excluding hydrogens is 460 g/mol. The van der Waals surface area contributed by atoms with Gasteiger partial charge in [0.25, 0.3) is 0 Å². The first kappa shape index (κ1) is 24.4. The Kier molecular flexibility index (Phi) is 5.95.